The zero-order valence-corrected chi connectivity index (χ0v) is 13.8. The molecule has 5 nitrogen and oxygen atoms in total. The van der Waals surface area contributed by atoms with E-state index in [1.165, 1.54) is 24.3 Å². The van der Waals surface area contributed by atoms with Crippen LogP contribution in [0.1, 0.15) is 17.2 Å². The fourth-order valence-electron chi connectivity index (χ4n) is 3.12. The Bertz CT molecular complexity index is 744. The second kappa shape index (κ2) is 7.43. The highest BCUT2D eigenvalue weighted by Gasteiger charge is 2.31. The second-order valence-electron chi connectivity index (χ2n) is 6.05. The third-order valence-corrected chi connectivity index (χ3v) is 4.26. The smallest absolute Gasteiger partial charge is 0.504 e. The van der Waals surface area contributed by atoms with E-state index in [0.29, 0.717) is 0 Å². The van der Waals surface area contributed by atoms with Gasteiger partial charge in [0.2, 0.25) is 0 Å². The first-order valence-corrected chi connectivity index (χ1v) is 8.16. The average molecular weight is 368 g/mol. The molecule has 0 amide bonds. The van der Waals surface area contributed by atoms with E-state index in [1.807, 2.05) is 0 Å². The maximum Gasteiger partial charge on any atom is 0.573 e. The molecule has 0 spiro atoms. The van der Waals surface area contributed by atoms with Gasteiger partial charge in [-0.3, -0.25) is 4.90 Å². The zero-order chi connectivity index (χ0) is 18.7. The second-order valence-corrected chi connectivity index (χ2v) is 6.05. The van der Waals surface area contributed by atoms with Crippen molar-refractivity contribution in [3.63, 3.8) is 0 Å². The molecule has 1 atom stereocenters. The van der Waals surface area contributed by atoms with Crippen LogP contribution in [0.5, 0.6) is 17.2 Å². The number of hydrogen-bond donors (Lipinski definition) is 3. The lowest BCUT2D eigenvalue weighted by Crippen LogP contribution is -2.45. The number of benzene rings is 2. The summed E-state index contributed by atoms with van der Waals surface area (Å²) >= 11 is 0. The Morgan fingerprint density at radius 1 is 0.923 bits per heavy atom. The fraction of sp³-hybridized carbons (Fsp3) is 0.333. The molecule has 2 aromatic rings. The highest BCUT2D eigenvalue weighted by molar-refractivity contribution is 5.44. The zero-order valence-electron chi connectivity index (χ0n) is 13.8. The molecule has 0 radical (unpaired) electrons. The van der Waals surface area contributed by atoms with Gasteiger partial charge in [0.05, 0.1) is 6.04 Å². The molecule has 0 aromatic heterocycles. The van der Waals surface area contributed by atoms with Gasteiger partial charge in [-0.05, 0) is 35.4 Å². The van der Waals surface area contributed by atoms with E-state index in [9.17, 15) is 23.4 Å². The van der Waals surface area contributed by atoms with Crippen LogP contribution >= 0.6 is 0 Å². The third kappa shape index (κ3) is 4.39. The summed E-state index contributed by atoms with van der Waals surface area (Å²) in [5, 5.41) is 22.6. The molecular weight excluding hydrogens is 349 g/mol. The summed E-state index contributed by atoms with van der Waals surface area (Å²) in [5.41, 5.74) is 1.51. The summed E-state index contributed by atoms with van der Waals surface area (Å²) in [5.74, 6) is -0.741. The molecule has 1 aliphatic rings. The molecule has 0 bridgehead atoms. The van der Waals surface area contributed by atoms with Crippen molar-refractivity contribution in [3.05, 3.63) is 53.6 Å². The van der Waals surface area contributed by atoms with Crippen molar-refractivity contribution in [1.82, 2.24) is 10.2 Å². The number of phenols is 2. The maximum absolute atomic E-state index is 12.3. The van der Waals surface area contributed by atoms with Crippen LogP contribution in [0, 0.1) is 0 Å². The van der Waals surface area contributed by atoms with Crippen molar-refractivity contribution in [2.45, 2.75) is 12.4 Å². The maximum atomic E-state index is 12.3. The largest absolute Gasteiger partial charge is 0.573 e. The molecule has 8 heteroatoms. The fourth-order valence-corrected chi connectivity index (χ4v) is 3.12. The highest BCUT2D eigenvalue weighted by Crippen LogP contribution is 2.35. The van der Waals surface area contributed by atoms with Crippen LogP contribution in [0.2, 0.25) is 0 Å². The van der Waals surface area contributed by atoms with Gasteiger partial charge in [-0.25, -0.2) is 0 Å². The number of hydrogen-bond acceptors (Lipinski definition) is 5. The highest BCUT2D eigenvalue weighted by atomic mass is 19.4. The molecule has 3 N–H and O–H groups in total. The lowest BCUT2D eigenvalue weighted by atomic mass is 9.96. The lowest BCUT2D eigenvalue weighted by Gasteiger charge is -2.35. The number of piperazine rings is 1. The van der Waals surface area contributed by atoms with Gasteiger partial charge in [0.1, 0.15) is 5.75 Å². The molecule has 1 aliphatic heterocycles. The number of phenolic OH excluding ortho intramolecular Hbond substituents is 2. The van der Waals surface area contributed by atoms with Crippen LogP contribution in [0.3, 0.4) is 0 Å². The number of nitrogens with zero attached hydrogens (tertiary/aromatic N) is 1. The first-order valence-electron chi connectivity index (χ1n) is 8.16. The Morgan fingerprint density at radius 3 is 2.12 bits per heavy atom. The van der Waals surface area contributed by atoms with E-state index in [2.05, 4.69) is 15.0 Å². The Kier molecular flexibility index (Phi) is 5.24. The van der Waals surface area contributed by atoms with Gasteiger partial charge in [-0.1, -0.05) is 18.2 Å². The van der Waals surface area contributed by atoms with Crippen molar-refractivity contribution in [1.29, 1.82) is 0 Å². The number of aromatic hydroxyl groups is 2. The van der Waals surface area contributed by atoms with Gasteiger partial charge < -0.3 is 20.3 Å². The molecule has 26 heavy (non-hydrogen) atoms. The van der Waals surface area contributed by atoms with Crippen LogP contribution in [0.15, 0.2) is 42.5 Å². The molecule has 0 saturated carbocycles. The van der Waals surface area contributed by atoms with Crippen LogP contribution < -0.4 is 10.1 Å². The van der Waals surface area contributed by atoms with Crippen LogP contribution in [0.4, 0.5) is 13.2 Å². The van der Waals surface area contributed by atoms with Crippen molar-refractivity contribution in [2.75, 3.05) is 26.2 Å². The SMILES string of the molecule is Oc1ccc([C@H](c2ccc(OC(F)(F)F)cc2)N2CCNCC2)cc1O. The van der Waals surface area contributed by atoms with E-state index >= 15 is 0 Å². The Hall–Kier alpha value is -2.45. The summed E-state index contributed by atoms with van der Waals surface area (Å²) in [4.78, 5) is 2.17. The number of alkyl halides is 3. The normalized spacial score (nSPS) is 17.0. The van der Waals surface area contributed by atoms with E-state index in [1.54, 1.807) is 18.2 Å². The Labute approximate surface area is 148 Å². The number of halogens is 3. The van der Waals surface area contributed by atoms with Gasteiger partial charge in [-0.15, -0.1) is 13.2 Å². The first-order chi connectivity index (χ1) is 12.3. The average Bonchev–Trinajstić information content (AvgIpc) is 2.59. The minimum Gasteiger partial charge on any atom is -0.504 e. The minimum absolute atomic E-state index is 0.221. The first kappa shape index (κ1) is 18.3. The van der Waals surface area contributed by atoms with Crippen LogP contribution in [-0.2, 0) is 0 Å². The van der Waals surface area contributed by atoms with Gasteiger partial charge in [0.25, 0.3) is 0 Å². The summed E-state index contributed by atoms with van der Waals surface area (Å²) < 4.78 is 41.0. The predicted octanol–water partition coefficient (Wildman–Crippen LogP) is 2.99. The predicted molar refractivity (Wildman–Crippen MR) is 89.2 cm³/mol. The number of rotatable bonds is 4. The third-order valence-electron chi connectivity index (χ3n) is 4.26. The van der Waals surface area contributed by atoms with Crippen molar-refractivity contribution < 1.29 is 28.1 Å². The summed E-state index contributed by atoms with van der Waals surface area (Å²) in [6.45, 7) is 3.06. The summed E-state index contributed by atoms with van der Waals surface area (Å²) in [7, 11) is 0. The molecular formula is C18H19F3N2O3. The Balaban J connectivity index is 1.93. The molecule has 1 saturated heterocycles. The summed E-state index contributed by atoms with van der Waals surface area (Å²) in [6.07, 6.45) is -4.73. The quantitative estimate of drug-likeness (QED) is 0.724. The molecule has 0 aliphatic carbocycles. The van der Waals surface area contributed by atoms with E-state index in [-0.39, 0.29) is 23.3 Å². The van der Waals surface area contributed by atoms with Crippen molar-refractivity contribution in [2.24, 2.45) is 0 Å². The van der Waals surface area contributed by atoms with Crippen LogP contribution in [-0.4, -0.2) is 47.7 Å². The molecule has 1 fully saturated rings. The lowest BCUT2D eigenvalue weighted by molar-refractivity contribution is -0.274. The van der Waals surface area contributed by atoms with E-state index in [0.717, 1.165) is 37.3 Å². The van der Waals surface area contributed by atoms with Crippen molar-refractivity contribution >= 4 is 0 Å². The van der Waals surface area contributed by atoms with Gasteiger partial charge in [-0.2, -0.15) is 0 Å². The van der Waals surface area contributed by atoms with Crippen molar-refractivity contribution in [3.8, 4) is 17.2 Å². The van der Waals surface area contributed by atoms with E-state index in [4.69, 9.17) is 0 Å². The van der Waals surface area contributed by atoms with Gasteiger partial charge in [0.15, 0.2) is 11.5 Å². The molecule has 140 valence electrons. The van der Waals surface area contributed by atoms with Gasteiger partial charge >= 0.3 is 6.36 Å². The van der Waals surface area contributed by atoms with E-state index < -0.39 is 6.36 Å². The number of ether oxygens (including phenoxy) is 1. The monoisotopic (exact) mass is 368 g/mol. The standard InChI is InChI=1S/C18H19F3N2O3/c19-18(20,21)26-14-4-1-12(2-5-14)17(23-9-7-22-8-10-23)13-3-6-15(24)16(25)11-13/h1-6,11,17,22,24-25H,7-10H2/t17-/m0/s1. The molecule has 3 rings (SSSR count). The van der Waals surface area contributed by atoms with Crippen LogP contribution in [0.25, 0.3) is 0 Å². The molecule has 0 unspecified atom stereocenters. The molecule has 1 heterocycles. The molecule has 2 aromatic carbocycles. The number of nitrogens with one attached hydrogen (secondary N) is 1. The Morgan fingerprint density at radius 2 is 1.54 bits per heavy atom. The van der Waals surface area contributed by atoms with Gasteiger partial charge in [0, 0.05) is 26.2 Å². The minimum atomic E-state index is -4.73. The topological polar surface area (TPSA) is 65.0 Å². The summed E-state index contributed by atoms with van der Waals surface area (Å²) in [6, 6.07) is 10.0.